The fourth-order valence-corrected chi connectivity index (χ4v) is 2.37. The van der Waals surface area contributed by atoms with Crippen LogP contribution in [0, 0.1) is 0 Å². The number of nitrogens with one attached hydrogen (secondary N) is 2. The van der Waals surface area contributed by atoms with Crippen molar-refractivity contribution in [2.45, 2.75) is 26.3 Å². The first-order valence-electron chi connectivity index (χ1n) is 7.00. The number of benzene rings is 1. The van der Waals surface area contributed by atoms with Gasteiger partial charge in [0.2, 0.25) is 5.91 Å². The molecule has 1 aliphatic rings. The highest BCUT2D eigenvalue weighted by Crippen LogP contribution is 2.23. The molecule has 1 aromatic rings. The second kappa shape index (κ2) is 6.68. The second-order valence-electron chi connectivity index (χ2n) is 5.13. The molecule has 0 spiro atoms. The van der Waals surface area contributed by atoms with Crippen molar-refractivity contribution in [3.05, 3.63) is 29.3 Å². The predicted octanol–water partition coefficient (Wildman–Crippen LogP) is 1.61. The second-order valence-corrected chi connectivity index (χ2v) is 5.13. The summed E-state index contributed by atoms with van der Waals surface area (Å²) in [6, 6.07) is 6.35. The first kappa shape index (κ1) is 14.0. The van der Waals surface area contributed by atoms with E-state index in [1.54, 1.807) is 0 Å². The summed E-state index contributed by atoms with van der Waals surface area (Å²) in [5.41, 5.74) is 3.56. The van der Waals surface area contributed by atoms with Crippen molar-refractivity contribution in [1.29, 1.82) is 0 Å². The van der Waals surface area contributed by atoms with Crippen molar-refractivity contribution in [3.8, 4) is 0 Å². The number of aryl methyl sites for hydroxylation is 1. The van der Waals surface area contributed by atoms with Gasteiger partial charge in [-0.1, -0.05) is 19.1 Å². The molecule has 1 aromatic carbocycles. The van der Waals surface area contributed by atoms with E-state index in [2.05, 4.69) is 41.6 Å². The minimum atomic E-state index is 0.128. The molecule has 1 amide bonds. The van der Waals surface area contributed by atoms with E-state index in [0.717, 1.165) is 38.3 Å². The number of hydrogen-bond acceptors (Lipinski definition) is 3. The zero-order valence-corrected chi connectivity index (χ0v) is 11.8. The molecule has 0 bridgehead atoms. The summed E-state index contributed by atoms with van der Waals surface area (Å²) < 4.78 is 0. The lowest BCUT2D eigenvalue weighted by Gasteiger charge is -2.20. The van der Waals surface area contributed by atoms with Crippen molar-refractivity contribution in [1.82, 2.24) is 10.2 Å². The maximum Gasteiger partial charge on any atom is 0.224 e. The first-order valence-corrected chi connectivity index (χ1v) is 7.00. The molecule has 0 fully saturated rings. The fourth-order valence-electron chi connectivity index (χ4n) is 2.37. The van der Waals surface area contributed by atoms with Crippen LogP contribution in [0.4, 0.5) is 5.69 Å². The van der Waals surface area contributed by atoms with Gasteiger partial charge in [0, 0.05) is 31.7 Å². The van der Waals surface area contributed by atoms with Crippen molar-refractivity contribution < 1.29 is 4.79 Å². The topological polar surface area (TPSA) is 44.4 Å². The third-order valence-electron chi connectivity index (χ3n) is 3.44. The van der Waals surface area contributed by atoms with Crippen LogP contribution >= 0.6 is 0 Å². The highest BCUT2D eigenvalue weighted by molar-refractivity contribution is 5.93. The molecular weight excluding hydrogens is 238 g/mol. The van der Waals surface area contributed by atoms with E-state index < -0.39 is 0 Å². The standard InChI is InChI=1S/C15H23N3O/c1-3-16-8-9-18(2)11-12-4-6-14-13(10-12)5-7-15(19)17-14/h4,6,10,16H,3,5,7-9,11H2,1-2H3,(H,17,19). The summed E-state index contributed by atoms with van der Waals surface area (Å²) in [4.78, 5) is 13.6. The van der Waals surface area contributed by atoms with Crippen LogP contribution in [0.5, 0.6) is 0 Å². The molecule has 0 radical (unpaired) electrons. The predicted molar refractivity (Wildman–Crippen MR) is 78.3 cm³/mol. The number of carbonyl (C=O) groups is 1. The Labute approximate surface area is 115 Å². The number of hydrogen-bond donors (Lipinski definition) is 2. The van der Waals surface area contributed by atoms with Crippen LogP contribution in [-0.2, 0) is 17.8 Å². The number of nitrogens with zero attached hydrogens (tertiary/aromatic N) is 1. The molecule has 4 heteroatoms. The maximum absolute atomic E-state index is 11.3. The van der Waals surface area contributed by atoms with Gasteiger partial charge in [-0.2, -0.15) is 0 Å². The Hall–Kier alpha value is -1.39. The normalized spacial score (nSPS) is 14.4. The van der Waals surface area contributed by atoms with Crippen LogP contribution < -0.4 is 10.6 Å². The molecule has 0 unspecified atom stereocenters. The van der Waals surface area contributed by atoms with Gasteiger partial charge in [0.05, 0.1) is 0 Å². The SMILES string of the molecule is CCNCCN(C)Cc1ccc2c(c1)CCC(=O)N2. The molecule has 2 N–H and O–H groups in total. The largest absolute Gasteiger partial charge is 0.326 e. The lowest BCUT2D eigenvalue weighted by molar-refractivity contribution is -0.116. The quantitative estimate of drug-likeness (QED) is 0.765. The van der Waals surface area contributed by atoms with E-state index in [4.69, 9.17) is 0 Å². The molecule has 0 saturated heterocycles. The number of carbonyl (C=O) groups excluding carboxylic acids is 1. The number of rotatable bonds is 6. The maximum atomic E-state index is 11.3. The summed E-state index contributed by atoms with van der Waals surface area (Å²) in [7, 11) is 2.14. The average Bonchev–Trinajstić information content (AvgIpc) is 2.39. The summed E-state index contributed by atoms with van der Waals surface area (Å²) in [5, 5.41) is 6.25. The summed E-state index contributed by atoms with van der Waals surface area (Å²) >= 11 is 0. The molecule has 0 aromatic heterocycles. The Morgan fingerprint density at radius 3 is 3.00 bits per heavy atom. The molecule has 0 aliphatic carbocycles. The molecule has 0 atom stereocenters. The molecule has 19 heavy (non-hydrogen) atoms. The van der Waals surface area contributed by atoms with Gasteiger partial charge in [-0.25, -0.2) is 0 Å². The van der Waals surface area contributed by atoms with Gasteiger partial charge in [0.1, 0.15) is 0 Å². The zero-order valence-electron chi connectivity index (χ0n) is 11.8. The highest BCUT2D eigenvalue weighted by Gasteiger charge is 2.14. The minimum absolute atomic E-state index is 0.128. The summed E-state index contributed by atoms with van der Waals surface area (Å²) in [5.74, 6) is 0.128. The van der Waals surface area contributed by atoms with E-state index in [1.807, 2.05) is 6.07 Å². The van der Waals surface area contributed by atoms with E-state index in [0.29, 0.717) is 6.42 Å². The van der Waals surface area contributed by atoms with Gasteiger partial charge in [-0.3, -0.25) is 4.79 Å². The number of amides is 1. The smallest absolute Gasteiger partial charge is 0.224 e. The van der Waals surface area contributed by atoms with E-state index in [-0.39, 0.29) is 5.91 Å². The van der Waals surface area contributed by atoms with Crippen LogP contribution in [0.15, 0.2) is 18.2 Å². The van der Waals surface area contributed by atoms with Crippen LogP contribution in [0.25, 0.3) is 0 Å². The number of anilines is 1. The van der Waals surface area contributed by atoms with Crippen LogP contribution in [0.3, 0.4) is 0 Å². The molecule has 104 valence electrons. The molecule has 1 heterocycles. The van der Waals surface area contributed by atoms with Gasteiger partial charge in [-0.05, 0) is 37.2 Å². The lowest BCUT2D eigenvalue weighted by Crippen LogP contribution is -2.28. The molecule has 1 aliphatic heterocycles. The van der Waals surface area contributed by atoms with Gasteiger partial charge in [0.25, 0.3) is 0 Å². The third kappa shape index (κ3) is 4.04. The molecular formula is C15H23N3O. The highest BCUT2D eigenvalue weighted by atomic mass is 16.1. The van der Waals surface area contributed by atoms with Gasteiger partial charge < -0.3 is 15.5 Å². The molecule has 2 rings (SSSR count). The zero-order chi connectivity index (χ0) is 13.7. The van der Waals surface area contributed by atoms with E-state index in [1.165, 1.54) is 11.1 Å². The van der Waals surface area contributed by atoms with E-state index in [9.17, 15) is 4.79 Å². The van der Waals surface area contributed by atoms with Crippen LogP contribution in [0.2, 0.25) is 0 Å². The fraction of sp³-hybridized carbons (Fsp3) is 0.533. The molecule has 0 saturated carbocycles. The lowest BCUT2D eigenvalue weighted by atomic mass is 10.0. The van der Waals surface area contributed by atoms with Crippen molar-refractivity contribution in [2.24, 2.45) is 0 Å². The Morgan fingerprint density at radius 2 is 2.21 bits per heavy atom. The minimum Gasteiger partial charge on any atom is -0.326 e. The average molecular weight is 261 g/mol. The van der Waals surface area contributed by atoms with Crippen molar-refractivity contribution >= 4 is 11.6 Å². The summed E-state index contributed by atoms with van der Waals surface area (Å²) in [6.07, 6.45) is 1.46. The van der Waals surface area contributed by atoms with Crippen molar-refractivity contribution in [3.63, 3.8) is 0 Å². The Balaban J connectivity index is 1.92. The third-order valence-corrected chi connectivity index (χ3v) is 3.44. The van der Waals surface area contributed by atoms with Crippen molar-refractivity contribution in [2.75, 3.05) is 32.0 Å². The van der Waals surface area contributed by atoms with Crippen LogP contribution in [0.1, 0.15) is 24.5 Å². The number of likely N-dealkylation sites (N-methyl/N-ethyl adjacent to an activating group) is 2. The first-order chi connectivity index (χ1) is 9.19. The Kier molecular flexibility index (Phi) is 4.93. The Morgan fingerprint density at radius 1 is 1.37 bits per heavy atom. The van der Waals surface area contributed by atoms with Crippen LogP contribution in [-0.4, -0.2) is 37.5 Å². The monoisotopic (exact) mass is 261 g/mol. The van der Waals surface area contributed by atoms with Gasteiger partial charge in [0.15, 0.2) is 0 Å². The summed E-state index contributed by atoms with van der Waals surface area (Å²) in [6.45, 7) is 6.16. The molecule has 4 nitrogen and oxygen atoms in total. The van der Waals surface area contributed by atoms with E-state index >= 15 is 0 Å². The Bertz CT molecular complexity index is 445. The van der Waals surface area contributed by atoms with Gasteiger partial charge in [-0.15, -0.1) is 0 Å². The van der Waals surface area contributed by atoms with Gasteiger partial charge >= 0.3 is 0 Å². The number of fused-ring (bicyclic) bond motifs is 1.